The van der Waals surface area contributed by atoms with Crippen molar-refractivity contribution in [3.8, 4) is 0 Å². The molecule has 3 aromatic rings. The van der Waals surface area contributed by atoms with Crippen molar-refractivity contribution in [2.45, 2.75) is 6.92 Å². The standard InChI is InChI=1S/C14H14N2.C5H8N2O.H2O4S/c15-13-9-8-12(10-14(13)16)7-6-11-4-2-1-3-5-11;1-2-8-7-5-3-4-6-7;1-5(2,3)4/h1-10H,15-16H2;3-5H,2H2,1H3;(H2,1,2,3,4). The molecule has 0 spiro atoms. The molecule has 0 aliphatic rings. The Labute approximate surface area is 169 Å². The molecule has 0 atom stereocenters. The van der Waals surface area contributed by atoms with E-state index >= 15 is 0 Å². The van der Waals surface area contributed by atoms with Crippen LogP contribution in [0.2, 0.25) is 0 Å². The van der Waals surface area contributed by atoms with E-state index in [0.29, 0.717) is 18.0 Å². The van der Waals surface area contributed by atoms with E-state index < -0.39 is 10.4 Å². The molecule has 1 aromatic heterocycles. The first-order valence-electron chi connectivity index (χ1n) is 8.40. The van der Waals surface area contributed by atoms with Crippen LogP contribution >= 0.6 is 0 Å². The Morgan fingerprint density at radius 1 is 1.00 bits per heavy atom. The number of hydrogen-bond donors (Lipinski definition) is 4. The van der Waals surface area contributed by atoms with Crippen LogP contribution in [0.3, 0.4) is 0 Å². The van der Waals surface area contributed by atoms with Crippen molar-refractivity contribution in [1.82, 2.24) is 9.94 Å². The fourth-order valence-electron chi connectivity index (χ4n) is 1.92. The van der Waals surface area contributed by atoms with Crippen molar-refractivity contribution in [2.75, 3.05) is 18.1 Å². The van der Waals surface area contributed by atoms with Crippen LogP contribution in [-0.2, 0) is 10.4 Å². The lowest BCUT2D eigenvalue weighted by atomic mass is 10.1. The third-order valence-corrected chi connectivity index (χ3v) is 3.12. The molecule has 6 N–H and O–H groups in total. The molecule has 0 fully saturated rings. The van der Waals surface area contributed by atoms with E-state index in [1.807, 2.05) is 61.5 Å². The lowest BCUT2D eigenvalue weighted by Crippen LogP contribution is -2.10. The van der Waals surface area contributed by atoms with Crippen LogP contribution in [0, 0.1) is 0 Å². The minimum Gasteiger partial charge on any atom is -0.397 e. The van der Waals surface area contributed by atoms with Crippen LogP contribution in [0.5, 0.6) is 0 Å². The molecule has 3 rings (SSSR count). The van der Waals surface area contributed by atoms with Gasteiger partial charge in [0.15, 0.2) is 0 Å². The number of nitrogens with zero attached hydrogens (tertiary/aromatic N) is 2. The largest absolute Gasteiger partial charge is 0.397 e. The Morgan fingerprint density at radius 3 is 2.14 bits per heavy atom. The quantitative estimate of drug-likeness (QED) is 0.285. The smallest absolute Gasteiger partial charge is 0.394 e. The molecule has 0 unspecified atom stereocenters. The number of nitrogen functional groups attached to an aromatic ring is 2. The highest BCUT2D eigenvalue weighted by Crippen LogP contribution is 2.17. The summed E-state index contributed by atoms with van der Waals surface area (Å²) in [4.78, 5) is 6.38. The Hall–Kier alpha value is -3.34. The molecule has 10 heteroatoms. The highest BCUT2D eigenvalue weighted by Gasteiger charge is 1.94. The van der Waals surface area contributed by atoms with Gasteiger partial charge in [-0.2, -0.15) is 8.42 Å². The van der Waals surface area contributed by atoms with Gasteiger partial charge in [-0.3, -0.25) is 9.11 Å². The molecule has 0 aliphatic carbocycles. The molecule has 29 heavy (non-hydrogen) atoms. The number of benzene rings is 2. The summed E-state index contributed by atoms with van der Waals surface area (Å²) in [5, 5.41) is 3.80. The molecule has 0 aliphatic heterocycles. The van der Waals surface area contributed by atoms with Crippen LogP contribution in [0.25, 0.3) is 12.2 Å². The summed E-state index contributed by atoms with van der Waals surface area (Å²) >= 11 is 0. The number of nitrogens with two attached hydrogens (primary N) is 2. The molecule has 0 bridgehead atoms. The normalized spacial score (nSPS) is 10.4. The number of aromatic nitrogens is 2. The van der Waals surface area contributed by atoms with E-state index in [4.69, 9.17) is 33.8 Å². The van der Waals surface area contributed by atoms with Crippen molar-refractivity contribution in [1.29, 1.82) is 0 Å². The maximum absolute atomic E-state index is 8.74. The molecule has 0 saturated heterocycles. The molecule has 1 heterocycles. The van der Waals surface area contributed by atoms with E-state index in [1.54, 1.807) is 12.4 Å². The van der Waals surface area contributed by atoms with Crippen molar-refractivity contribution < 1.29 is 22.4 Å². The van der Waals surface area contributed by atoms with E-state index in [-0.39, 0.29) is 0 Å². The molecule has 156 valence electrons. The predicted octanol–water partition coefficient (Wildman–Crippen LogP) is 2.70. The van der Waals surface area contributed by atoms with Gasteiger partial charge in [-0.1, -0.05) is 48.6 Å². The van der Waals surface area contributed by atoms with E-state index in [2.05, 4.69) is 17.2 Å². The monoisotopic (exact) mass is 420 g/mol. The summed E-state index contributed by atoms with van der Waals surface area (Å²) in [6.45, 7) is 2.57. The van der Waals surface area contributed by atoms with Crippen molar-refractivity contribution in [3.63, 3.8) is 0 Å². The molecular weight excluding hydrogens is 396 g/mol. The molecule has 0 saturated carbocycles. The zero-order valence-corrected chi connectivity index (χ0v) is 16.6. The fourth-order valence-corrected chi connectivity index (χ4v) is 1.92. The Bertz CT molecular complexity index is 967. The van der Waals surface area contributed by atoms with Gasteiger partial charge >= 0.3 is 10.4 Å². The first kappa shape index (κ1) is 23.7. The van der Waals surface area contributed by atoms with Crippen LogP contribution in [0.1, 0.15) is 18.1 Å². The van der Waals surface area contributed by atoms with E-state index in [1.165, 1.54) is 4.85 Å². The molecule has 2 aromatic carbocycles. The summed E-state index contributed by atoms with van der Waals surface area (Å²) in [5.74, 6) is 0. The van der Waals surface area contributed by atoms with Crippen LogP contribution < -0.4 is 16.3 Å². The van der Waals surface area contributed by atoms with Gasteiger partial charge in [0.05, 0.1) is 23.8 Å². The van der Waals surface area contributed by atoms with Gasteiger partial charge in [0.25, 0.3) is 0 Å². The second-order valence-corrected chi connectivity index (χ2v) is 6.30. The van der Waals surface area contributed by atoms with Gasteiger partial charge in [0.2, 0.25) is 0 Å². The van der Waals surface area contributed by atoms with E-state index in [0.717, 1.165) is 11.1 Å². The van der Waals surface area contributed by atoms with E-state index in [9.17, 15) is 0 Å². The van der Waals surface area contributed by atoms with Gasteiger partial charge < -0.3 is 16.3 Å². The van der Waals surface area contributed by atoms with Crippen LogP contribution in [0.4, 0.5) is 11.4 Å². The first-order chi connectivity index (χ1) is 13.7. The minimum atomic E-state index is -4.67. The molecule has 9 nitrogen and oxygen atoms in total. The van der Waals surface area contributed by atoms with Crippen LogP contribution in [-0.4, -0.2) is 34.1 Å². The van der Waals surface area contributed by atoms with Crippen molar-refractivity contribution in [2.24, 2.45) is 0 Å². The second kappa shape index (κ2) is 12.2. The lowest BCUT2D eigenvalue weighted by molar-refractivity contribution is 0.0927. The fraction of sp³-hybridized carbons (Fsp3) is 0.105. The van der Waals surface area contributed by atoms with Crippen molar-refractivity contribution >= 4 is 33.9 Å². The first-order valence-corrected chi connectivity index (χ1v) is 9.79. The number of rotatable bonds is 4. The average molecular weight is 420 g/mol. The maximum Gasteiger partial charge on any atom is 0.394 e. The van der Waals surface area contributed by atoms with Gasteiger partial charge in [0, 0.05) is 0 Å². The second-order valence-electron chi connectivity index (χ2n) is 5.41. The van der Waals surface area contributed by atoms with Gasteiger partial charge in [-0.25, -0.2) is 0 Å². The summed E-state index contributed by atoms with van der Waals surface area (Å²) in [6.07, 6.45) is 7.50. The van der Waals surface area contributed by atoms with Gasteiger partial charge in [-0.15, -0.1) is 9.94 Å². The summed E-state index contributed by atoms with van der Waals surface area (Å²) in [6, 6.07) is 17.6. The zero-order chi connectivity index (χ0) is 21.7. The van der Waals surface area contributed by atoms with Crippen molar-refractivity contribution in [3.05, 3.63) is 78.1 Å². The third kappa shape index (κ3) is 11.9. The lowest BCUT2D eigenvalue weighted by Gasteiger charge is -2.00. The summed E-state index contributed by atoms with van der Waals surface area (Å²) < 4.78 is 31.6. The highest BCUT2D eigenvalue weighted by atomic mass is 32.3. The number of hydrogen-bond acceptors (Lipinski definition) is 6. The zero-order valence-electron chi connectivity index (χ0n) is 15.8. The summed E-state index contributed by atoms with van der Waals surface area (Å²) in [5.41, 5.74) is 14.8. The molecule has 0 amide bonds. The Balaban J connectivity index is 0.000000269. The van der Waals surface area contributed by atoms with Gasteiger partial charge in [-0.05, 0) is 36.2 Å². The Morgan fingerprint density at radius 2 is 1.62 bits per heavy atom. The maximum atomic E-state index is 8.74. The predicted molar refractivity (Wildman–Crippen MR) is 114 cm³/mol. The van der Waals surface area contributed by atoms with Crippen LogP contribution in [0.15, 0.2) is 67.0 Å². The topological polar surface area (TPSA) is 154 Å². The number of anilines is 2. The summed E-state index contributed by atoms with van der Waals surface area (Å²) in [7, 11) is -4.67. The minimum absolute atomic E-state index is 0.621. The molecular formula is C19H24N4O5S. The third-order valence-electron chi connectivity index (χ3n) is 3.12. The Kier molecular flexibility index (Phi) is 9.96. The molecule has 0 radical (unpaired) electrons. The highest BCUT2D eigenvalue weighted by molar-refractivity contribution is 7.79. The SMILES string of the molecule is CCOn1cccn1.Nc1ccc(C=Cc2ccccc2)cc1N.O=S(=O)(O)O. The van der Waals surface area contributed by atoms with Gasteiger partial charge in [0.1, 0.15) is 6.61 Å². The average Bonchev–Trinajstić information content (AvgIpc) is 3.16.